The first-order chi connectivity index (χ1) is 7.59. The Kier molecular flexibility index (Phi) is 5.43. The lowest BCUT2D eigenvalue weighted by Gasteiger charge is -2.17. The molecule has 1 rings (SSSR count). The maximum absolute atomic E-state index is 9.73. The lowest BCUT2D eigenvalue weighted by Crippen LogP contribution is -2.30. The van der Waals surface area contributed by atoms with Gasteiger partial charge in [0.05, 0.1) is 11.8 Å². The first-order valence-electron chi connectivity index (χ1n) is 5.92. The molecule has 0 saturated heterocycles. The van der Waals surface area contributed by atoms with Crippen molar-refractivity contribution in [3.8, 4) is 0 Å². The molecule has 0 aliphatic rings. The van der Waals surface area contributed by atoms with Gasteiger partial charge in [-0.15, -0.1) is 0 Å². The Balaban J connectivity index is 2.33. The predicted octanol–water partition coefficient (Wildman–Crippen LogP) is 2.14. The second kappa shape index (κ2) is 6.61. The molecule has 1 aromatic heterocycles. The lowest BCUT2D eigenvalue weighted by molar-refractivity contribution is 0.143. The number of rotatable bonds is 6. The SMILES string of the molecule is CC(C)CC(O)CNC(C)c1ccccn1. The molecule has 0 aliphatic heterocycles. The third-order valence-corrected chi connectivity index (χ3v) is 2.53. The fourth-order valence-corrected chi connectivity index (χ4v) is 1.68. The van der Waals surface area contributed by atoms with E-state index in [1.54, 1.807) is 6.20 Å². The van der Waals surface area contributed by atoms with Gasteiger partial charge in [-0.05, 0) is 31.4 Å². The van der Waals surface area contributed by atoms with Gasteiger partial charge >= 0.3 is 0 Å². The summed E-state index contributed by atoms with van der Waals surface area (Å²) in [6.45, 7) is 6.91. The number of aliphatic hydroxyl groups is 1. The van der Waals surface area contributed by atoms with Gasteiger partial charge in [-0.1, -0.05) is 19.9 Å². The van der Waals surface area contributed by atoms with Gasteiger partial charge in [0.25, 0.3) is 0 Å². The van der Waals surface area contributed by atoms with Crippen molar-refractivity contribution in [3.05, 3.63) is 30.1 Å². The summed E-state index contributed by atoms with van der Waals surface area (Å²) in [4.78, 5) is 4.27. The quantitative estimate of drug-likeness (QED) is 0.775. The molecule has 0 aromatic carbocycles. The molecular weight excluding hydrogens is 200 g/mol. The van der Waals surface area contributed by atoms with Gasteiger partial charge in [0.2, 0.25) is 0 Å². The highest BCUT2D eigenvalue weighted by molar-refractivity contribution is 5.07. The first kappa shape index (κ1) is 13.1. The smallest absolute Gasteiger partial charge is 0.0667 e. The van der Waals surface area contributed by atoms with Crippen molar-refractivity contribution >= 4 is 0 Å². The van der Waals surface area contributed by atoms with E-state index in [9.17, 15) is 5.11 Å². The zero-order chi connectivity index (χ0) is 12.0. The van der Waals surface area contributed by atoms with Gasteiger partial charge < -0.3 is 10.4 Å². The van der Waals surface area contributed by atoms with Crippen LogP contribution in [-0.4, -0.2) is 22.7 Å². The highest BCUT2D eigenvalue weighted by Crippen LogP contribution is 2.09. The van der Waals surface area contributed by atoms with Crippen molar-refractivity contribution in [3.63, 3.8) is 0 Å². The van der Waals surface area contributed by atoms with Gasteiger partial charge in [0.15, 0.2) is 0 Å². The molecule has 2 N–H and O–H groups in total. The molecule has 3 nitrogen and oxygen atoms in total. The molecule has 2 unspecified atom stereocenters. The first-order valence-corrected chi connectivity index (χ1v) is 5.92. The molecule has 0 aliphatic carbocycles. The molecule has 1 heterocycles. The van der Waals surface area contributed by atoms with Gasteiger partial charge in [-0.25, -0.2) is 0 Å². The number of nitrogens with one attached hydrogen (secondary N) is 1. The second-order valence-corrected chi connectivity index (χ2v) is 4.67. The van der Waals surface area contributed by atoms with Crippen molar-refractivity contribution in [1.82, 2.24) is 10.3 Å². The van der Waals surface area contributed by atoms with Crippen molar-refractivity contribution in [1.29, 1.82) is 0 Å². The summed E-state index contributed by atoms with van der Waals surface area (Å²) >= 11 is 0. The molecule has 90 valence electrons. The Hall–Kier alpha value is -0.930. The van der Waals surface area contributed by atoms with Crippen LogP contribution in [0.3, 0.4) is 0 Å². The average molecular weight is 222 g/mol. The summed E-state index contributed by atoms with van der Waals surface area (Å²) in [5.74, 6) is 0.530. The zero-order valence-corrected chi connectivity index (χ0v) is 10.4. The Morgan fingerprint density at radius 3 is 2.62 bits per heavy atom. The predicted molar refractivity (Wildman–Crippen MR) is 66.1 cm³/mol. The highest BCUT2D eigenvalue weighted by atomic mass is 16.3. The molecular formula is C13H22N2O. The number of aliphatic hydroxyl groups excluding tert-OH is 1. The van der Waals surface area contributed by atoms with Crippen LogP contribution in [0.25, 0.3) is 0 Å². The minimum absolute atomic E-state index is 0.183. The van der Waals surface area contributed by atoms with Gasteiger partial charge in [-0.2, -0.15) is 0 Å². The van der Waals surface area contributed by atoms with Crippen LogP contribution in [0.5, 0.6) is 0 Å². The lowest BCUT2D eigenvalue weighted by atomic mass is 10.1. The fraction of sp³-hybridized carbons (Fsp3) is 0.615. The van der Waals surface area contributed by atoms with Crippen LogP contribution < -0.4 is 5.32 Å². The van der Waals surface area contributed by atoms with Crippen LogP contribution in [0.4, 0.5) is 0 Å². The number of hydrogen-bond donors (Lipinski definition) is 2. The summed E-state index contributed by atoms with van der Waals surface area (Å²) in [6.07, 6.45) is 2.35. The van der Waals surface area contributed by atoms with Crippen LogP contribution in [0.15, 0.2) is 24.4 Å². The molecule has 0 amide bonds. The molecule has 1 aromatic rings. The summed E-state index contributed by atoms with van der Waals surface area (Å²) in [5.41, 5.74) is 1.01. The molecule has 0 spiro atoms. The van der Waals surface area contributed by atoms with E-state index in [1.165, 1.54) is 0 Å². The summed E-state index contributed by atoms with van der Waals surface area (Å²) in [5, 5.41) is 13.0. The third-order valence-electron chi connectivity index (χ3n) is 2.53. The van der Waals surface area contributed by atoms with E-state index in [2.05, 4.69) is 31.1 Å². The zero-order valence-electron chi connectivity index (χ0n) is 10.4. The Morgan fingerprint density at radius 1 is 1.31 bits per heavy atom. The minimum atomic E-state index is -0.272. The maximum atomic E-state index is 9.73. The van der Waals surface area contributed by atoms with E-state index in [-0.39, 0.29) is 12.1 Å². The number of hydrogen-bond acceptors (Lipinski definition) is 3. The second-order valence-electron chi connectivity index (χ2n) is 4.67. The van der Waals surface area contributed by atoms with Crippen LogP contribution in [0.1, 0.15) is 38.9 Å². The van der Waals surface area contributed by atoms with Crippen LogP contribution in [0.2, 0.25) is 0 Å². The minimum Gasteiger partial charge on any atom is -0.392 e. The van der Waals surface area contributed by atoms with E-state index in [1.807, 2.05) is 18.2 Å². The monoisotopic (exact) mass is 222 g/mol. The maximum Gasteiger partial charge on any atom is 0.0667 e. The summed E-state index contributed by atoms with van der Waals surface area (Å²) in [7, 11) is 0. The van der Waals surface area contributed by atoms with E-state index in [0.29, 0.717) is 12.5 Å². The molecule has 0 bridgehead atoms. The van der Waals surface area contributed by atoms with Crippen LogP contribution in [0, 0.1) is 5.92 Å². The molecule has 2 atom stereocenters. The fourth-order valence-electron chi connectivity index (χ4n) is 1.68. The van der Waals surface area contributed by atoms with E-state index >= 15 is 0 Å². The summed E-state index contributed by atoms with van der Waals surface area (Å²) < 4.78 is 0. The van der Waals surface area contributed by atoms with Crippen molar-refractivity contribution < 1.29 is 5.11 Å². The molecule has 0 saturated carbocycles. The van der Waals surface area contributed by atoms with Gasteiger partial charge in [0, 0.05) is 18.8 Å². The van der Waals surface area contributed by atoms with Crippen molar-refractivity contribution in [2.75, 3.05) is 6.54 Å². The molecule has 3 heteroatoms. The normalized spacial score (nSPS) is 15.1. The van der Waals surface area contributed by atoms with Crippen LogP contribution in [-0.2, 0) is 0 Å². The number of nitrogens with zero attached hydrogens (tertiary/aromatic N) is 1. The average Bonchev–Trinajstić information content (AvgIpc) is 2.26. The van der Waals surface area contributed by atoms with E-state index in [0.717, 1.165) is 12.1 Å². The Labute approximate surface area is 97.9 Å². The van der Waals surface area contributed by atoms with E-state index in [4.69, 9.17) is 0 Å². The Morgan fingerprint density at radius 2 is 2.06 bits per heavy atom. The number of aromatic nitrogens is 1. The molecule has 0 fully saturated rings. The van der Waals surface area contributed by atoms with Gasteiger partial charge in [0.1, 0.15) is 0 Å². The Bertz CT molecular complexity index is 287. The van der Waals surface area contributed by atoms with E-state index < -0.39 is 0 Å². The van der Waals surface area contributed by atoms with Gasteiger partial charge in [-0.3, -0.25) is 4.98 Å². The number of pyridine rings is 1. The topological polar surface area (TPSA) is 45.1 Å². The van der Waals surface area contributed by atoms with Crippen molar-refractivity contribution in [2.45, 2.75) is 39.3 Å². The highest BCUT2D eigenvalue weighted by Gasteiger charge is 2.10. The summed E-state index contributed by atoms with van der Waals surface area (Å²) in [6, 6.07) is 6.06. The molecule has 0 radical (unpaired) electrons. The van der Waals surface area contributed by atoms with Crippen molar-refractivity contribution in [2.24, 2.45) is 5.92 Å². The van der Waals surface area contributed by atoms with Crippen LogP contribution >= 0.6 is 0 Å². The third kappa shape index (κ3) is 4.73. The standard InChI is InChI=1S/C13H22N2O/c1-10(2)8-12(16)9-15-11(3)13-6-4-5-7-14-13/h4-7,10-12,15-16H,8-9H2,1-3H3. The largest absolute Gasteiger partial charge is 0.392 e. The molecule has 16 heavy (non-hydrogen) atoms.